The van der Waals surface area contributed by atoms with Gasteiger partial charge in [0.05, 0.1) is 12.0 Å². The molecule has 0 spiro atoms. The van der Waals surface area contributed by atoms with E-state index in [9.17, 15) is 8.78 Å². The number of ether oxygens (including phenoxy) is 1. The molecule has 112 valence electrons. The van der Waals surface area contributed by atoms with Crippen LogP contribution in [0.25, 0.3) is 0 Å². The second-order valence-corrected chi connectivity index (χ2v) is 6.83. The van der Waals surface area contributed by atoms with Crippen molar-refractivity contribution in [1.82, 2.24) is 0 Å². The maximum Gasteiger partial charge on any atom is 0.358 e. The van der Waals surface area contributed by atoms with Gasteiger partial charge in [-0.15, -0.1) is 0 Å². The first-order chi connectivity index (χ1) is 8.92. The monoisotopic (exact) mass is 274 g/mol. The summed E-state index contributed by atoms with van der Waals surface area (Å²) in [5.41, 5.74) is 0. The Bertz CT molecular complexity index is 286. The highest BCUT2D eigenvalue weighted by molar-refractivity contribution is 4.84. The summed E-state index contributed by atoms with van der Waals surface area (Å²) in [6.07, 6.45) is 2.82. The van der Waals surface area contributed by atoms with Gasteiger partial charge in [-0.05, 0) is 43.4 Å². The van der Waals surface area contributed by atoms with Crippen LogP contribution in [0.15, 0.2) is 0 Å². The van der Waals surface area contributed by atoms with Crippen LogP contribution in [-0.4, -0.2) is 12.2 Å². The summed E-state index contributed by atoms with van der Waals surface area (Å²) in [7, 11) is 0. The molecule has 1 nitrogen and oxygen atoms in total. The van der Waals surface area contributed by atoms with Gasteiger partial charge in [-0.25, -0.2) is 0 Å². The molecule has 0 saturated heterocycles. The molecule has 19 heavy (non-hydrogen) atoms. The molecule has 0 aliphatic heterocycles. The lowest BCUT2D eigenvalue weighted by atomic mass is 9.73. The lowest BCUT2D eigenvalue weighted by Crippen LogP contribution is -2.43. The van der Waals surface area contributed by atoms with Crippen LogP contribution in [0.2, 0.25) is 0 Å². The first-order valence-corrected chi connectivity index (χ1v) is 7.97. The minimum atomic E-state index is -2.92. The highest BCUT2D eigenvalue weighted by atomic mass is 19.3. The zero-order valence-electron chi connectivity index (χ0n) is 12.5. The van der Waals surface area contributed by atoms with Crippen LogP contribution in [0.3, 0.4) is 0 Å². The fourth-order valence-electron chi connectivity index (χ4n) is 3.71. The molecule has 2 rings (SSSR count). The van der Waals surface area contributed by atoms with Crippen molar-refractivity contribution in [3.8, 4) is 0 Å². The van der Waals surface area contributed by atoms with E-state index in [4.69, 9.17) is 4.74 Å². The van der Waals surface area contributed by atoms with Crippen molar-refractivity contribution >= 4 is 0 Å². The summed E-state index contributed by atoms with van der Waals surface area (Å²) >= 11 is 0. The second-order valence-electron chi connectivity index (χ2n) is 6.83. The van der Waals surface area contributed by atoms with E-state index in [1.165, 1.54) is 0 Å². The van der Waals surface area contributed by atoms with E-state index in [-0.39, 0.29) is 12.0 Å². The Labute approximate surface area is 116 Å². The molecular formula is C16H28F2O. The van der Waals surface area contributed by atoms with Gasteiger partial charge >= 0.3 is 6.11 Å². The Balaban J connectivity index is 1.95. The maximum absolute atomic E-state index is 14.3. The van der Waals surface area contributed by atoms with E-state index in [0.717, 1.165) is 32.1 Å². The maximum atomic E-state index is 14.3. The highest BCUT2D eigenvalue weighted by Gasteiger charge is 2.45. The van der Waals surface area contributed by atoms with Crippen molar-refractivity contribution in [2.24, 2.45) is 23.7 Å². The van der Waals surface area contributed by atoms with Crippen molar-refractivity contribution in [2.45, 2.75) is 77.9 Å². The molecular weight excluding hydrogens is 246 g/mol. The topological polar surface area (TPSA) is 9.23 Å². The smallest absolute Gasteiger partial charge is 0.317 e. The van der Waals surface area contributed by atoms with Crippen LogP contribution in [-0.2, 0) is 4.74 Å². The molecule has 2 saturated carbocycles. The van der Waals surface area contributed by atoms with Crippen molar-refractivity contribution in [3.63, 3.8) is 0 Å². The van der Waals surface area contributed by atoms with Gasteiger partial charge in [-0.2, -0.15) is 8.78 Å². The number of hydrogen-bond acceptors (Lipinski definition) is 1. The molecule has 4 unspecified atom stereocenters. The van der Waals surface area contributed by atoms with Gasteiger partial charge in [0, 0.05) is 0 Å². The highest BCUT2D eigenvalue weighted by Crippen LogP contribution is 2.43. The standard InChI is InChI=1S/C16H28F2O/c1-11-9-10-15(13(3)12(11)2)19-16(17,18)14-7-5-4-6-8-14/h11-15H,4-10H2,1-3H3. The SMILES string of the molecule is CC1CCC(OC(F)(F)C2CCCCC2)C(C)C1C. The Hall–Kier alpha value is -0.180. The van der Waals surface area contributed by atoms with E-state index in [1.54, 1.807) is 0 Å². The minimum absolute atomic E-state index is 0.234. The van der Waals surface area contributed by atoms with E-state index in [0.29, 0.717) is 24.7 Å². The van der Waals surface area contributed by atoms with Crippen molar-refractivity contribution in [1.29, 1.82) is 0 Å². The van der Waals surface area contributed by atoms with Gasteiger partial charge in [0.25, 0.3) is 0 Å². The van der Waals surface area contributed by atoms with Gasteiger partial charge < -0.3 is 4.74 Å². The zero-order valence-corrected chi connectivity index (χ0v) is 12.5. The van der Waals surface area contributed by atoms with Crippen LogP contribution in [0.5, 0.6) is 0 Å². The van der Waals surface area contributed by atoms with Crippen LogP contribution in [0.1, 0.15) is 65.7 Å². The summed E-state index contributed by atoms with van der Waals surface area (Å²) in [4.78, 5) is 0. The third-order valence-electron chi connectivity index (χ3n) is 5.61. The number of halogens is 2. The number of rotatable bonds is 3. The van der Waals surface area contributed by atoms with Crippen LogP contribution in [0, 0.1) is 23.7 Å². The third kappa shape index (κ3) is 3.48. The Morgan fingerprint density at radius 1 is 0.842 bits per heavy atom. The van der Waals surface area contributed by atoms with E-state index < -0.39 is 12.0 Å². The molecule has 2 aliphatic rings. The van der Waals surface area contributed by atoms with Gasteiger partial charge in [-0.3, -0.25) is 0 Å². The summed E-state index contributed by atoms with van der Waals surface area (Å²) in [6.45, 7) is 6.46. The summed E-state index contributed by atoms with van der Waals surface area (Å²) < 4.78 is 33.9. The minimum Gasteiger partial charge on any atom is -0.317 e. The fourth-order valence-corrected chi connectivity index (χ4v) is 3.71. The van der Waals surface area contributed by atoms with Crippen molar-refractivity contribution in [2.75, 3.05) is 0 Å². The zero-order chi connectivity index (χ0) is 14.0. The van der Waals surface area contributed by atoms with Crippen molar-refractivity contribution in [3.05, 3.63) is 0 Å². The van der Waals surface area contributed by atoms with Crippen LogP contribution < -0.4 is 0 Å². The Kier molecular flexibility index (Phi) is 4.86. The molecule has 4 atom stereocenters. The largest absolute Gasteiger partial charge is 0.358 e. The molecule has 0 bridgehead atoms. The summed E-state index contributed by atoms with van der Waals surface area (Å²) in [5, 5.41) is 0. The Morgan fingerprint density at radius 3 is 2.11 bits per heavy atom. The summed E-state index contributed by atoms with van der Waals surface area (Å²) in [5.74, 6) is 0.778. The first kappa shape index (κ1) is 15.2. The third-order valence-corrected chi connectivity index (χ3v) is 5.61. The predicted molar refractivity (Wildman–Crippen MR) is 73.1 cm³/mol. The molecule has 0 aromatic rings. The molecule has 0 aromatic heterocycles. The molecule has 2 aliphatic carbocycles. The second kappa shape index (κ2) is 6.07. The number of alkyl halides is 2. The molecule has 0 radical (unpaired) electrons. The van der Waals surface area contributed by atoms with E-state index >= 15 is 0 Å². The van der Waals surface area contributed by atoms with Gasteiger partial charge in [0.15, 0.2) is 0 Å². The fraction of sp³-hybridized carbons (Fsp3) is 1.00. The van der Waals surface area contributed by atoms with Crippen LogP contribution in [0.4, 0.5) is 8.78 Å². The first-order valence-electron chi connectivity index (χ1n) is 7.97. The molecule has 0 aromatic carbocycles. The van der Waals surface area contributed by atoms with Gasteiger partial charge in [-0.1, -0.05) is 40.0 Å². The molecule has 0 amide bonds. The van der Waals surface area contributed by atoms with E-state index in [1.807, 2.05) is 0 Å². The Morgan fingerprint density at radius 2 is 1.47 bits per heavy atom. The normalized spacial score (nSPS) is 38.4. The molecule has 3 heteroatoms. The lowest BCUT2D eigenvalue weighted by molar-refractivity contribution is -0.309. The van der Waals surface area contributed by atoms with E-state index in [2.05, 4.69) is 20.8 Å². The van der Waals surface area contributed by atoms with Gasteiger partial charge in [0.1, 0.15) is 0 Å². The van der Waals surface area contributed by atoms with Crippen LogP contribution >= 0.6 is 0 Å². The van der Waals surface area contributed by atoms with Crippen molar-refractivity contribution < 1.29 is 13.5 Å². The molecule has 0 heterocycles. The number of hydrogen-bond donors (Lipinski definition) is 0. The molecule has 0 N–H and O–H groups in total. The average molecular weight is 274 g/mol. The quantitative estimate of drug-likeness (QED) is 0.683. The summed E-state index contributed by atoms with van der Waals surface area (Å²) in [6, 6.07) is 0. The molecule has 2 fully saturated rings. The lowest BCUT2D eigenvalue weighted by Gasteiger charge is -2.41. The average Bonchev–Trinajstić information content (AvgIpc) is 2.40. The predicted octanol–water partition coefficient (Wildman–Crippen LogP) is 5.25. The van der Waals surface area contributed by atoms with Gasteiger partial charge in [0.2, 0.25) is 0 Å².